The SMILES string of the molecule is Cn1cc(N2CCC(Nc3nc(C4CCC4)no3)C2=O)cn1. The molecule has 1 atom stereocenters. The summed E-state index contributed by atoms with van der Waals surface area (Å²) in [5, 5.41) is 11.2. The van der Waals surface area contributed by atoms with E-state index in [9.17, 15) is 4.79 Å². The molecule has 1 amide bonds. The summed E-state index contributed by atoms with van der Waals surface area (Å²) in [6, 6.07) is 0.0168. The van der Waals surface area contributed by atoms with Gasteiger partial charge in [-0.15, -0.1) is 0 Å². The minimum absolute atomic E-state index is 0.0106. The molecule has 4 rings (SSSR count). The number of aromatic nitrogens is 4. The first-order valence-corrected chi connectivity index (χ1v) is 7.61. The Morgan fingerprint density at radius 3 is 2.91 bits per heavy atom. The van der Waals surface area contributed by atoms with Crippen LogP contribution in [0, 0.1) is 0 Å². The smallest absolute Gasteiger partial charge is 0.322 e. The molecule has 22 heavy (non-hydrogen) atoms. The van der Waals surface area contributed by atoms with Gasteiger partial charge in [-0.25, -0.2) is 0 Å². The third-order valence-corrected chi connectivity index (χ3v) is 4.42. The summed E-state index contributed by atoms with van der Waals surface area (Å²) in [6.45, 7) is 0.659. The maximum absolute atomic E-state index is 12.5. The van der Waals surface area contributed by atoms with Crippen molar-refractivity contribution in [2.75, 3.05) is 16.8 Å². The summed E-state index contributed by atoms with van der Waals surface area (Å²) in [7, 11) is 1.83. The van der Waals surface area contributed by atoms with Crippen LogP contribution >= 0.6 is 0 Å². The van der Waals surface area contributed by atoms with Gasteiger partial charge in [-0.3, -0.25) is 9.48 Å². The van der Waals surface area contributed by atoms with Crippen LogP contribution in [0.2, 0.25) is 0 Å². The van der Waals surface area contributed by atoms with E-state index >= 15 is 0 Å². The van der Waals surface area contributed by atoms with Gasteiger partial charge in [0.1, 0.15) is 6.04 Å². The molecule has 3 heterocycles. The monoisotopic (exact) mass is 302 g/mol. The van der Waals surface area contributed by atoms with Crippen LogP contribution in [0.4, 0.5) is 11.7 Å². The zero-order valence-electron chi connectivity index (χ0n) is 12.4. The highest BCUT2D eigenvalue weighted by atomic mass is 16.5. The predicted molar refractivity (Wildman–Crippen MR) is 78.5 cm³/mol. The molecule has 0 aromatic carbocycles. The Morgan fingerprint density at radius 2 is 2.23 bits per heavy atom. The number of hydrogen-bond donors (Lipinski definition) is 1. The van der Waals surface area contributed by atoms with Crippen molar-refractivity contribution in [1.82, 2.24) is 19.9 Å². The molecule has 2 aliphatic rings. The molecule has 1 unspecified atom stereocenters. The lowest BCUT2D eigenvalue weighted by molar-refractivity contribution is -0.117. The van der Waals surface area contributed by atoms with Crippen molar-refractivity contribution in [2.24, 2.45) is 7.05 Å². The van der Waals surface area contributed by atoms with Crippen molar-refractivity contribution in [3.8, 4) is 0 Å². The van der Waals surface area contributed by atoms with Gasteiger partial charge in [-0.1, -0.05) is 11.6 Å². The first-order valence-electron chi connectivity index (χ1n) is 7.61. The minimum atomic E-state index is -0.324. The van der Waals surface area contributed by atoms with Gasteiger partial charge >= 0.3 is 6.01 Å². The second kappa shape index (κ2) is 5.11. The second-order valence-electron chi connectivity index (χ2n) is 5.93. The van der Waals surface area contributed by atoms with E-state index in [0.29, 0.717) is 24.9 Å². The molecule has 0 bridgehead atoms. The number of nitrogens with zero attached hydrogens (tertiary/aromatic N) is 5. The molecule has 1 saturated carbocycles. The minimum Gasteiger partial charge on any atom is -0.326 e. The van der Waals surface area contributed by atoms with Crippen LogP contribution in [-0.2, 0) is 11.8 Å². The summed E-state index contributed by atoms with van der Waals surface area (Å²) in [5.41, 5.74) is 0.817. The summed E-state index contributed by atoms with van der Waals surface area (Å²) in [6.07, 6.45) is 7.70. The van der Waals surface area contributed by atoms with Crippen LogP contribution in [0.5, 0.6) is 0 Å². The first kappa shape index (κ1) is 13.3. The molecule has 2 aromatic heterocycles. The van der Waals surface area contributed by atoms with E-state index in [0.717, 1.165) is 24.4 Å². The lowest BCUT2D eigenvalue weighted by atomic mass is 9.85. The second-order valence-corrected chi connectivity index (χ2v) is 5.93. The Labute approximate surface area is 127 Å². The van der Waals surface area contributed by atoms with Gasteiger partial charge in [0.15, 0.2) is 5.82 Å². The summed E-state index contributed by atoms with van der Waals surface area (Å²) < 4.78 is 6.90. The van der Waals surface area contributed by atoms with E-state index in [2.05, 4.69) is 20.6 Å². The third-order valence-electron chi connectivity index (χ3n) is 4.42. The van der Waals surface area contributed by atoms with Gasteiger partial charge in [0.25, 0.3) is 0 Å². The zero-order chi connectivity index (χ0) is 15.1. The molecule has 1 aliphatic heterocycles. The Balaban J connectivity index is 1.43. The molecule has 2 fully saturated rings. The number of carbonyl (C=O) groups excluding carboxylic acids is 1. The number of nitrogens with one attached hydrogen (secondary N) is 1. The van der Waals surface area contributed by atoms with Gasteiger partial charge in [0.05, 0.1) is 11.9 Å². The highest BCUT2D eigenvalue weighted by Crippen LogP contribution is 2.35. The lowest BCUT2D eigenvalue weighted by Gasteiger charge is -2.20. The Hall–Kier alpha value is -2.38. The molecule has 1 aliphatic carbocycles. The van der Waals surface area contributed by atoms with Crippen LogP contribution in [0.1, 0.15) is 37.4 Å². The number of hydrogen-bond acceptors (Lipinski definition) is 6. The summed E-state index contributed by atoms with van der Waals surface area (Å²) in [5.74, 6) is 1.19. The molecule has 8 nitrogen and oxygen atoms in total. The average Bonchev–Trinajstić information content (AvgIpc) is 3.12. The Kier molecular flexibility index (Phi) is 3.09. The highest BCUT2D eigenvalue weighted by Gasteiger charge is 2.34. The van der Waals surface area contributed by atoms with Crippen LogP contribution in [0.15, 0.2) is 16.9 Å². The van der Waals surface area contributed by atoms with E-state index in [1.807, 2.05) is 13.2 Å². The zero-order valence-corrected chi connectivity index (χ0v) is 12.4. The molecule has 1 saturated heterocycles. The number of aryl methyl sites for hydroxylation is 1. The van der Waals surface area contributed by atoms with E-state index in [1.54, 1.807) is 15.8 Å². The van der Waals surface area contributed by atoms with Gasteiger partial charge in [-0.2, -0.15) is 10.1 Å². The lowest BCUT2D eigenvalue weighted by Crippen LogP contribution is -2.33. The van der Waals surface area contributed by atoms with E-state index < -0.39 is 0 Å². The summed E-state index contributed by atoms with van der Waals surface area (Å²) in [4.78, 5) is 18.6. The fraction of sp³-hybridized carbons (Fsp3) is 0.571. The van der Waals surface area contributed by atoms with E-state index in [4.69, 9.17) is 4.52 Å². The van der Waals surface area contributed by atoms with Crippen molar-refractivity contribution < 1.29 is 9.32 Å². The summed E-state index contributed by atoms with van der Waals surface area (Å²) >= 11 is 0. The van der Waals surface area contributed by atoms with Crippen molar-refractivity contribution in [3.05, 3.63) is 18.2 Å². The fourth-order valence-corrected chi connectivity index (χ4v) is 2.89. The van der Waals surface area contributed by atoms with Gasteiger partial charge in [0.2, 0.25) is 5.91 Å². The third kappa shape index (κ3) is 2.24. The molecule has 116 valence electrons. The van der Waals surface area contributed by atoms with Crippen LogP contribution in [-0.4, -0.2) is 38.4 Å². The van der Waals surface area contributed by atoms with Gasteiger partial charge < -0.3 is 14.7 Å². The quantitative estimate of drug-likeness (QED) is 0.915. The van der Waals surface area contributed by atoms with Crippen molar-refractivity contribution in [2.45, 2.75) is 37.6 Å². The Bertz CT molecular complexity index is 689. The van der Waals surface area contributed by atoms with Crippen LogP contribution in [0.3, 0.4) is 0 Å². The molecular weight excluding hydrogens is 284 g/mol. The Morgan fingerprint density at radius 1 is 1.36 bits per heavy atom. The molecule has 8 heteroatoms. The first-order chi connectivity index (χ1) is 10.7. The maximum Gasteiger partial charge on any atom is 0.322 e. The van der Waals surface area contributed by atoms with E-state index in [-0.39, 0.29) is 11.9 Å². The van der Waals surface area contributed by atoms with Gasteiger partial charge in [-0.05, 0) is 19.3 Å². The largest absolute Gasteiger partial charge is 0.326 e. The number of carbonyl (C=O) groups is 1. The molecule has 2 aromatic rings. The fourth-order valence-electron chi connectivity index (χ4n) is 2.89. The average molecular weight is 302 g/mol. The van der Waals surface area contributed by atoms with Crippen LogP contribution < -0.4 is 10.2 Å². The van der Waals surface area contributed by atoms with E-state index in [1.165, 1.54) is 6.42 Å². The number of amides is 1. The van der Waals surface area contributed by atoms with Crippen molar-refractivity contribution >= 4 is 17.6 Å². The molecule has 0 spiro atoms. The van der Waals surface area contributed by atoms with Crippen LogP contribution in [0.25, 0.3) is 0 Å². The normalized spacial score (nSPS) is 22.1. The molecular formula is C14H18N6O2. The van der Waals surface area contributed by atoms with Crippen molar-refractivity contribution in [3.63, 3.8) is 0 Å². The number of anilines is 2. The number of rotatable bonds is 4. The molecule has 0 radical (unpaired) electrons. The maximum atomic E-state index is 12.5. The van der Waals surface area contributed by atoms with Crippen molar-refractivity contribution in [1.29, 1.82) is 0 Å². The molecule has 1 N–H and O–H groups in total. The standard InChI is InChI=1S/C14H18N6O2/c1-19-8-10(7-15-19)20-6-5-11(13(20)21)16-14-17-12(18-22-14)9-3-2-4-9/h7-9,11H,2-6H2,1H3,(H,16,17,18). The predicted octanol–water partition coefficient (Wildman–Crippen LogP) is 1.29. The van der Waals surface area contributed by atoms with Gasteiger partial charge in [0, 0.05) is 25.7 Å². The topological polar surface area (TPSA) is 89.1 Å². The highest BCUT2D eigenvalue weighted by molar-refractivity contribution is 6.00.